The molecule has 0 radical (unpaired) electrons. The van der Waals surface area contributed by atoms with Gasteiger partial charge in [-0.1, -0.05) is 74.1 Å². The highest BCUT2D eigenvalue weighted by Crippen LogP contribution is 2.22. The van der Waals surface area contributed by atoms with E-state index >= 15 is 0 Å². The molecule has 2 aromatic carbocycles. The van der Waals surface area contributed by atoms with E-state index < -0.39 is 0 Å². The zero-order valence-electron chi connectivity index (χ0n) is 19.6. The normalized spacial score (nSPS) is 11.2. The Hall–Kier alpha value is -3.41. The number of hydrogen-bond acceptors (Lipinski definition) is 3. The molecule has 0 saturated carbocycles. The Bertz CT molecular complexity index is 1190. The molecule has 1 N–H and O–H groups in total. The number of unbranched alkanes of at least 4 members (excludes halogenated alkanes) is 5. The van der Waals surface area contributed by atoms with Gasteiger partial charge >= 0.3 is 0 Å². The predicted octanol–water partition coefficient (Wildman–Crippen LogP) is 6.21. The highest BCUT2D eigenvalue weighted by molar-refractivity contribution is 5.93. The van der Waals surface area contributed by atoms with Gasteiger partial charge in [-0.3, -0.25) is 4.79 Å². The van der Waals surface area contributed by atoms with E-state index in [1.54, 1.807) is 10.9 Å². The number of aryl methyl sites for hydroxylation is 2. The van der Waals surface area contributed by atoms with Gasteiger partial charge in [0.15, 0.2) is 0 Å². The monoisotopic (exact) mass is 443 g/mol. The first kappa shape index (κ1) is 22.8. The third-order valence-electron chi connectivity index (χ3n) is 6.00. The quantitative estimate of drug-likeness (QED) is 0.280. The largest absolute Gasteiger partial charge is 0.347 e. The number of rotatable bonds is 11. The summed E-state index contributed by atoms with van der Waals surface area (Å²) in [6.45, 7) is 5.46. The first-order chi connectivity index (χ1) is 16.1. The fourth-order valence-corrected chi connectivity index (χ4v) is 4.12. The third kappa shape index (κ3) is 6.09. The molecule has 2 heterocycles. The minimum Gasteiger partial charge on any atom is -0.347 e. The standard InChI is InChI=1S/C27H33N5O/c1-3-4-5-6-7-8-16-31-17-15-23-18-24(13-14-26(23)31)28-27(33)20-32-19-25(29-30-32)22-11-9-21(2)10-12-22/h9-15,17-19H,3-8,16,20H2,1-2H3,(H,28,33). The number of nitrogens with zero attached hydrogens (tertiary/aromatic N) is 4. The van der Waals surface area contributed by atoms with Gasteiger partial charge < -0.3 is 9.88 Å². The molecule has 0 aliphatic rings. The molecular weight excluding hydrogens is 410 g/mol. The third-order valence-corrected chi connectivity index (χ3v) is 6.00. The summed E-state index contributed by atoms with van der Waals surface area (Å²) in [5.41, 5.74) is 4.95. The Morgan fingerprint density at radius 3 is 2.58 bits per heavy atom. The van der Waals surface area contributed by atoms with Crippen molar-refractivity contribution in [2.75, 3.05) is 5.32 Å². The topological polar surface area (TPSA) is 64.7 Å². The molecule has 33 heavy (non-hydrogen) atoms. The van der Waals surface area contributed by atoms with Crippen molar-refractivity contribution in [1.29, 1.82) is 0 Å². The van der Waals surface area contributed by atoms with Crippen LogP contribution in [0.4, 0.5) is 5.69 Å². The second kappa shape index (κ2) is 10.9. The molecule has 0 bridgehead atoms. The van der Waals surface area contributed by atoms with E-state index in [-0.39, 0.29) is 12.5 Å². The lowest BCUT2D eigenvalue weighted by atomic mass is 10.1. The molecular formula is C27H33N5O. The minimum atomic E-state index is -0.124. The average molecular weight is 444 g/mol. The highest BCUT2D eigenvalue weighted by Gasteiger charge is 2.09. The summed E-state index contributed by atoms with van der Waals surface area (Å²) in [5, 5.41) is 12.4. The van der Waals surface area contributed by atoms with Gasteiger partial charge in [-0.15, -0.1) is 5.10 Å². The SMILES string of the molecule is CCCCCCCCn1ccc2cc(NC(=O)Cn3cc(-c4ccc(C)cc4)nn3)ccc21. The van der Waals surface area contributed by atoms with Gasteiger partial charge in [0.05, 0.1) is 6.20 Å². The van der Waals surface area contributed by atoms with E-state index in [1.807, 2.05) is 43.3 Å². The molecule has 0 spiro atoms. The van der Waals surface area contributed by atoms with Gasteiger partial charge in [-0.05, 0) is 37.6 Å². The molecule has 172 valence electrons. The van der Waals surface area contributed by atoms with Crippen LogP contribution in [0, 0.1) is 6.92 Å². The number of carbonyl (C=O) groups excluding carboxylic acids is 1. The molecule has 1 amide bonds. The molecule has 0 aliphatic heterocycles. The van der Waals surface area contributed by atoms with Crippen molar-refractivity contribution in [2.45, 2.75) is 65.5 Å². The maximum absolute atomic E-state index is 12.6. The zero-order valence-corrected chi connectivity index (χ0v) is 19.6. The maximum atomic E-state index is 12.6. The first-order valence-electron chi connectivity index (χ1n) is 12.0. The van der Waals surface area contributed by atoms with E-state index in [1.165, 1.54) is 49.6 Å². The number of benzene rings is 2. The van der Waals surface area contributed by atoms with Crippen molar-refractivity contribution in [1.82, 2.24) is 19.6 Å². The van der Waals surface area contributed by atoms with Gasteiger partial charge in [0.1, 0.15) is 12.2 Å². The van der Waals surface area contributed by atoms with Crippen molar-refractivity contribution >= 4 is 22.5 Å². The number of anilines is 1. The lowest BCUT2D eigenvalue weighted by Crippen LogP contribution is -2.19. The maximum Gasteiger partial charge on any atom is 0.246 e. The second-order valence-corrected chi connectivity index (χ2v) is 8.77. The zero-order chi connectivity index (χ0) is 23.0. The van der Waals surface area contributed by atoms with Gasteiger partial charge in [-0.2, -0.15) is 0 Å². The minimum absolute atomic E-state index is 0.121. The lowest BCUT2D eigenvalue weighted by Gasteiger charge is -2.08. The van der Waals surface area contributed by atoms with E-state index in [4.69, 9.17) is 0 Å². The fourth-order valence-electron chi connectivity index (χ4n) is 4.12. The summed E-state index contributed by atoms with van der Waals surface area (Å²) in [7, 11) is 0. The van der Waals surface area contributed by atoms with Gasteiger partial charge in [0, 0.05) is 34.9 Å². The Morgan fingerprint density at radius 2 is 1.76 bits per heavy atom. The fraction of sp³-hybridized carbons (Fsp3) is 0.370. The first-order valence-corrected chi connectivity index (χ1v) is 12.0. The van der Waals surface area contributed by atoms with E-state index in [2.05, 4.69) is 45.4 Å². The molecule has 0 saturated heterocycles. The predicted molar refractivity (Wildman–Crippen MR) is 134 cm³/mol. The van der Waals surface area contributed by atoms with Crippen molar-refractivity contribution in [3.63, 3.8) is 0 Å². The molecule has 2 aromatic heterocycles. The molecule has 4 aromatic rings. The van der Waals surface area contributed by atoms with Crippen LogP contribution in [0.5, 0.6) is 0 Å². The summed E-state index contributed by atoms with van der Waals surface area (Å²) in [6, 6.07) is 16.3. The van der Waals surface area contributed by atoms with Gasteiger partial charge in [0.2, 0.25) is 5.91 Å². The Labute approximate surface area is 195 Å². The van der Waals surface area contributed by atoms with Crippen LogP contribution < -0.4 is 5.32 Å². The van der Waals surface area contributed by atoms with Crippen LogP contribution in [0.25, 0.3) is 22.2 Å². The van der Waals surface area contributed by atoms with E-state index in [0.717, 1.165) is 28.9 Å². The van der Waals surface area contributed by atoms with Crippen LogP contribution in [0.15, 0.2) is 60.9 Å². The number of carbonyl (C=O) groups is 1. The Balaban J connectivity index is 1.31. The number of aromatic nitrogens is 4. The molecule has 6 heteroatoms. The second-order valence-electron chi connectivity index (χ2n) is 8.77. The van der Waals surface area contributed by atoms with Gasteiger partial charge in [-0.25, -0.2) is 4.68 Å². The number of amides is 1. The van der Waals surface area contributed by atoms with Crippen LogP contribution in [-0.2, 0) is 17.9 Å². The summed E-state index contributed by atoms with van der Waals surface area (Å²) >= 11 is 0. The summed E-state index contributed by atoms with van der Waals surface area (Å²) in [6.07, 6.45) is 11.7. The van der Waals surface area contributed by atoms with Crippen molar-refractivity contribution < 1.29 is 4.79 Å². The molecule has 0 unspecified atom stereocenters. The van der Waals surface area contributed by atoms with Crippen molar-refractivity contribution in [3.8, 4) is 11.3 Å². The van der Waals surface area contributed by atoms with Crippen LogP contribution >= 0.6 is 0 Å². The summed E-state index contributed by atoms with van der Waals surface area (Å²) < 4.78 is 3.88. The number of nitrogens with one attached hydrogen (secondary N) is 1. The Kier molecular flexibility index (Phi) is 7.55. The molecule has 0 aliphatic carbocycles. The van der Waals surface area contributed by atoms with Crippen LogP contribution in [0.1, 0.15) is 51.0 Å². The average Bonchev–Trinajstić information content (AvgIpc) is 3.43. The van der Waals surface area contributed by atoms with Crippen molar-refractivity contribution in [3.05, 3.63) is 66.5 Å². The van der Waals surface area contributed by atoms with E-state index in [0.29, 0.717) is 0 Å². The molecule has 4 rings (SSSR count). The summed E-state index contributed by atoms with van der Waals surface area (Å²) in [4.78, 5) is 12.6. The van der Waals surface area contributed by atoms with Crippen LogP contribution in [0.3, 0.4) is 0 Å². The molecule has 0 atom stereocenters. The van der Waals surface area contributed by atoms with Crippen molar-refractivity contribution in [2.24, 2.45) is 0 Å². The highest BCUT2D eigenvalue weighted by atomic mass is 16.2. The van der Waals surface area contributed by atoms with E-state index in [9.17, 15) is 4.79 Å². The summed E-state index contributed by atoms with van der Waals surface area (Å²) in [5.74, 6) is -0.124. The van der Waals surface area contributed by atoms with Crippen LogP contribution in [-0.4, -0.2) is 25.5 Å². The lowest BCUT2D eigenvalue weighted by molar-refractivity contribution is -0.116. The molecule has 0 fully saturated rings. The molecule has 6 nitrogen and oxygen atoms in total. The Morgan fingerprint density at radius 1 is 0.970 bits per heavy atom. The number of hydrogen-bond donors (Lipinski definition) is 1. The van der Waals surface area contributed by atoms with Crippen LogP contribution in [0.2, 0.25) is 0 Å². The smallest absolute Gasteiger partial charge is 0.246 e. The number of fused-ring (bicyclic) bond motifs is 1. The van der Waals surface area contributed by atoms with Gasteiger partial charge in [0.25, 0.3) is 0 Å².